The normalized spacial score (nSPS) is 34.1. The molecule has 5 rings (SSSR count). The van der Waals surface area contributed by atoms with Gasteiger partial charge in [0.15, 0.2) is 5.78 Å². The van der Waals surface area contributed by atoms with Gasteiger partial charge in [-0.05, 0) is 84.8 Å². The lowest BCUT2D eigenvalue weighted by Crippen LogP contribution is -2.58. The number of ketones is 1. The van der Waals surface area contributed by atoms with E-state index in [2.05, 4.69) is 31.0 Å². The van der Waals surface area contributed by atoms with Crippen molar-refractivity contribution in [1.29, 1.82) is 0 Å². The number of carbonyl (C=O) groups is 2. The lowest BCUT2D eigenvalue weighted by molar-refractivity contribution is -0.137. The molecular weight excluding hydrogens is 513 g/mol. The van der Waals surface area contributed by atoms with Crippen molar-refractivity contribution >= 4 is 17.4 Å². The van der Waals surface area contributed by atoms with Crippen molar-refractivity contribution in [2.45, 2.75) is 98.1 Å². The summed E-state index contributed by atoms with van der Waals surface area (Å²) in [5.41, 5.74) is 0.824. The Morgan fingerprint density at radius 3 is 2.45 bits per heavy atom. The summed E-state index contributed by atoms with van der Waals surface area (Å²) in [6.45, 7) is 14.5. The number of halogens is 3. The molecule has 0 spiro atoms. The van der Waals surface area contributed by atoms with Crippen molar-refractivity contribution in [3.8, 4) is 0 Å². The Bertz CT molecular complexity index is 1220. The molecule has 0 aromatic heterocycles. The fourth-order valence-corrected chi connectivity index (χ4v) is 9.02. The maximum atomic E-state index is 13.9. The first kappa shape index (κ1) is 29.2. The molecule has 3 fully saturated rings. The number of rotatable bonds is 4. The number of piperidine rings is 1. The lowest BCUT2D eigenvalue weighted by atomic mass is 9.49. The van der Waals surface area contributed by atoms with Crippen LogP contribution in [0, 0.1) is 34.5 Å². The van der Waals surface area contributed by atoms with Crippen molar-refractivity contribution in [3.05, 3.63) is 41.1 Å². The predicted octanol–water partition coefficient (Wildman–Crippen LogP) is 7.98. The van der Waals surface area contributed by atoms with Gasteiger partial charge in [0.05, 0.1) is 5.56 Å². The van der Waals surface area contributed by atoms with Crippen molar-refractivity contribution in [2.75, 3.05) is 18.4 Å². The maximum Gasteiger partial charge on any atom is 0.416 e. The fraction of sp³-hybridized carbons (Fsp3) is 0.697. The summed E-state index contributed by atoms with van der Waals surface area (Å²) >= 11 is 0. The zero-order valence-electron chi connectivity index (χ0n) is 24.9. The van der Waals surface area contributed by atoms with Crippen molar-refractivity contribution in [2.24, 2.45) is 34.5 Å². The second-order valence-corrected chi connectivity index (χ2v) is 14.4. The fourth-order valence-electron chi connectivity index (χ4n) is 9.02. The van der Waals surface area contributed by atoms with E-state index in [1.807, 2.05) is 26.8 Å². The van der Waals surface area contributed by atoms with Gasteiger partial charge in [-0.2, -0.15) is 13.2 Å². The van der Waals surface area contributed by atoms with Crippen LogP contribution in [0.1, 0.15) is 97.6 Å². The Morgan fingerprint density at radius 1 is 1.07 bits per heavy atom. The number of alkyl halides is 3. The minimum absolute atomic E-state index is 0.0205. The van der Waals surface area contributed by atoms with Gasteiger partial charge in [-0.15, -0.1) is 0 Å². The number of fused-ring (bicyclic) bond motifs is 5. The first-order valence-corrected chi connectivity index (χ1v) is 15.1. The van der Waals surface area contributed by atoms with Crippen LogP contribution in [0.3, 0.4) is 0 Å². The molecule has 4 nitrogen and oxygen atoms in total. The summed E-state index contributed by atoms with van der Waals surface area (Å²) in [5, 5.41) is 2.99. The molecule has 3 aliphatic carbocycles. The molecule has 4 aliphatic rings. The molecule has 40 heavy (non-hydrogen) atoms. The summed E-state index contributed by atoms with van der Waals surface area (Å²) in [4.78, 5) is 28.8. The van der Waals surface area contributed by atoms with Crippen LogP contribution in [0.2, 0.25) is 0 Å². The SMILES string of the molecule is CCCN1CC2C3CCC(C(=O)Nc4cc(C(F)(F)F)ccc4C(C)(C)C)[C@@]3(C)CCC2[C@@]2(C)CCC(=O)C=C12. The molecule has 1 amide bonds. The van der Waals surface area contributed by atoms with Crippen LogP contribution in [0.15, 0.2) is 30.0 Å². The Morgan fingerprint density at radius 2 is 1.80 bits per heavy atom. The van der Waals surface area contributed by atoms with E-state index in [-0.39, 0.29) is 34.1 Å². The second-order valence-electron chi connectivity index (χ2n) is 14.4. The van der Waals surface area contributed by atoms with Gasteiger partial charge in [0.25, 0.3) is 0 Å². The smallest absolute Gasteiger partial charge is 0.374 e. The standard InChI is InChI=1S/C33H45F3N2O2/c1-7-16-38-19-22-23-10-11-26(31(23,5)15-13-24(22)32(6)14-12-21(39)18-28(32)38)29(40)37-27-17-20(33(34,35)36)8-9-25(27)30(2,3)4/h8-9,17-18,22-24,26H,7,10-16,19H2,1-6H3,(H,37,40)/t22?,23?,24?,26?,31-,32+/m0/s1. The van der Waals surface area contributed by atoms with E-state index in [9.17, 15) is 22.8 Å². The van der Waals surface area contributed by atoms with Crippen molar-refractivity contribution < 1.29 is 22.8 Å². The van der Waals surface area contributed by atoms with E-state index < -0.39 is 17.2 Å². The Balaban J connectivity index is 1.43. The van der Waals surface area contributed by atoms with Gasteiger partial charge >= 0.3 is 6.18 Å². The van der Waals surface area contributed by atoms with Crippen LogP contribution in [0.5, 0.6) is 0 Å². The van der Waals surface area contributed by atoms with Gasteiger partial charge in [0.2, 0.25) is 5.91 Å². The number of likely N-dealkylation sites (tertiary alicyclic amines) is 1. The monoisotopic (exact) mass is 558 g/mol. The zero-order valence-corrected chi connectivity index (χ0v) is 24.9. The second kappa shape index (κ2) is 9.90. The third-order valence-electron chi connectivity index (χ3n) is 11.0. The van der Waals surface area contributed by atoms with E-state index in [0.29, 0.717) is 29.7 Å². The van der Waals surface area contributed by atoms with Gasteiger partial charge < -0.3 is 10.2 Å². The van der Waals surface area contributed by atoms with Gasteiger partial charge in [-0.3, -0.25) is 9.59 Å². The minimum Gasteiger partial charge on any atom is -0.374 e. The number of benzene rings is 1. The average molecular weight is 559 g/mol. The van der Waals surface area contributed by atoms with Crippen LogP contribution >= 0.6 is 0 Å². The van der Waals surface area contributed by atoms with E-state index >= 15 is 0 Å². The molecule has 0 bridgehead atoms. The molecule has 1 N–H and O–H groups in total. The van der Waals surface area contributed by atoms with Crippen LogP contribution in [-0.2, 0) is 21.2 Å². The number of anilines is 1. The minimum atomic E-state index is -4.48. The number of hydrogen-bond donors (Lipinski definition) is 1. The highest BCUT2D eigenvalue weighted by Gasteiger charge is 2.61. The van der Waals surface area contributed by atoms with E-state index in [0.717, 1.165) is 63.7 Å². The summed E-state index contributed by atoms with van der Waals surface area (Å²) in [6.07, 6.45) is 3.59. The molecule has 1 heterocycles. The molecule has 6 atom stereocenters. The van der Waals surface area contributed by atoms with E-state index in [1.54, 1.807) is 0 Å². The van der Waals surface area contributed by atoms with Crippen molar-refractivity contribution in [3.63, 3.8) is 0 Å². The molecule has 1 aliphatic heterocycles. The number of amides is 1. The molecule has 1 saturated heterocycles. The quantitative estimate of drug-likeness (QED) is 0.408. The number of carbonyl (C=O) groups excluding carboxylic acids is 2. The lowest BCUT2D eigenvalue weighted by Gasteiger charge is -2.60. The van der Waals surface area contributed by atoms with E-state index in [4.69, 9.17) is 0 Å². The molecule has 7 heteroatoms. The third kappa shape index (κ3) is 4.79. The largest absolute Gasteiger partial charge is 0.416 e. The molecule has 4 unspecified atom stereocenters. The number of nitrogens with one attached hydrogen (secondary N) is 1. The highest BCUT2D eigenvalue weighted by molar-refractivity contribution is 5.94. The predicted molar refractivity (Wildman–Crippen MR) is 152 cm³/mol. The molecule has 220 valence electrons. The van der Waals surface area contributed by atoms with Crippen LogP contribution in [-0.4, -0.2) is 29.7 Å². The average Bonchev–Trinajstić information content (AvgIpc) is 3.21. The van der Waals surface area contributed by atoms with Crippen molar-refractivity contribution in [1.82, 2.24) is 4.90 Å². The Kier molecular flexibility index (Phi) is 7.23. The van der Waals surface area contributed by atoms with Crippen LogP contribution in [0.25, 0.3) is 0 Å². The van der Waals surface area contributed by atoms with Gasteiger partial charge in [-0.1, -0.05) is 47.6 Å². The first-order chi connectivity index (χ1) is 18.6. The highest BCUT2D eigenvalue weighted by atomic mass is 19.4. The van der Waals surface area contributed by atoms with Gasteiger partial charge in [0, 0.05) is 48.3 Å². The van der Waals surface area contributed by atoms with Gasteiger partial charge in [0.1, 0.15) is 0 Å². The summed E-state index contributed by atoms with van der Waals surface area (Å²) in [7, 11) is 0. The summed E-state index contributed by atoms with van der Waals surface area (Å²) in [5.74, 6) is 1.14. The maximum absolute atomic E-state index is 13.9. The first-order valence-electron chi connectivity index (χ1n) is 15.1. The summed E-state index contributed by atoms with van der Waals surface area (Å²) in [6, 6.07) is 3.72. The Hall–Kier alpha value is -2.31. The Labute approximate surface area is 237 Å². The van der Waals surface area contributed by atoms with E-state index in [1.165, 1.54) is 11.8 Å². The zero-order chi connectivity index (χ0) is 29.3. The molecular formula is C33H45F3N2O2. The molecule has 1 aromatic carbocycles. The molecule has 1 aromatic rings. The molecule has 0 radical (unpaired) electrons. The third-order valence-corrected chi connectivity index (χ3v) is 11.0. The van der Waals surface area contributed by atoms with Crippen LogP contribution < -0.4 is 5.32 Å². The highest BCUT2D eigenvalue weighted by Crippen LogP contribution is 2.65. The van der Waals surface area contributed by atoms with Crippen LogP contribution in [0.4, 0.5) is 18.9 Å². The van der Waals surface area contributed by atoms with Gasteiger partial charge in [-0.25, -0.2) is 0 Å². The summed E-state index contributed by atoms with van der Waals surface area (Å²) < 4.78 is 40.8. The molecule has 2 saturated carbocycles. The number of allylic oxidation sites excluding steroid dienone is 2. The number of nitrogens with zero attached hydrogens (tertiary/aromatic N) is 1. The number of hydrogen-bond acceptors (Lipinski definition) is 3. The topological polar surface area (TPSA) is 49.4 Å².